The highest BCUT2D eigenvalue weighted by Gasteiger charge is 2.33. The number of piperidine rings is 1. The lowest BCUT2D eigenvalue weighted by atomic mass is 9.78. The summed E-state index contributed by atoms with van der Waals surface area (Å²) >= 11 is 3.67. The summed E-state index contributed by atoms with van der Waals surface area (Å²) in [5, 5.41) is 0.970. The predicted molar refractivity (Wildman–Crippen MR) is 86.1 cm³/mol. The Morgan fingerprint density at radius 1 is 1.16 bits per heavy atom. The van der Waals surface area contributed by atoms with Crippen molar-refractivity contribution >= 4 is 21.6 Å². The van der Waals surface area contributed by atoms with E-state index in [1.165, 1.54) is 61.9 Å². The number of aryl methyl sites for hydroxylation is 1. The molecule has 0 radical (unpaired) electrons. The van der Waals surface area contributed by atoms with Gasteiger partial charge >= 0.3 is 0 Å². The molecule has 0 aromatic heterocycles. The molecule has 1 aromatic rings. The van der Waals surface area contributed by atoms with Crippen LogP contribution in [0.15, 0.2) is 18.2 Å². The lowest BCUT2D eigenvalue weighted by Crippen LogP contribution is -2.47. The number of hydrogen-bond acceptors (Lipinski definition) is 1. The first-order valence-electron chi connectivity index (χ1n) is 7.71. The summed E-state index contributed by atoms with van der Waals surface area (Å²) in [6.45, 7) is 3.44. The standard InChI is InChI=1S/C17H24BrN/c1-13-8-9-17(15(11-13)12-18)19-10-4-6-14-5-2-3-7-16(14)19/h8-9,11,14,16H,2-7,10,12H2,1H3. The lowest BCUT2D eigenvalue weighted by Gasteiger charge is -2.46. The molecule has 2 atom stereocenters. The number of benzene rings is 1. The summed E-state index contributed by atoms with van der Waals surface area (Å²) in [6, 6.07) is 7.77. The molecular formula is C17H24BrN. The quantitative estimate of drug-likeness (QED) is 0.689. The molecule has 2 heteroatoms. The second-order valence-electron chi connectivity index (χ2n) is 6.21. The largest absolute Gasteiger partial charge is 0.368 e. The van der Waals surface area contributed by atoms with E-state index >= 15 is 0 Å². The van der Waals surface area contributed by atoms with Crippen molar-refractivity contribution < 1.29 is 0 Å². The second kappa shape index (κ2) is 5.87. The Hall–Kier alpha value is -0.500. The van der Waals surface area contributed by atoms with E-state index < -0.39 is 0 Å². The first kappa shape index (κ1) is 13.5. The van der Waals surface area contributed by atoms with Crippen LogP contribution in [0.5, 0.6) is 0 Å². The zero-order chi connectivity index (χ0) is 13.2. The molecule has 0 bridgehead atoms. The van der Waals surface area contributed by atoms with Gasteiger partial charge in [0.1, 0.15) is 0 Å². The number of anilines is 1. The third kappa shape index (κ3) is 2.69. The van der Waals surface area contributed by atoms with Gasteiger partial charge in [-0.3, -0.25) is 0 Å². The maximum absolute atomic E-state index is 3.67. The molecule has 0 spiro atoms. The van der Waals surface area contributed by atoms with E-state index in [4.69, 9.17) is 0 Å². The Balaban J connectivity index is 1.91. The number of alkyl halides is 1. The molecule has 2 fully saturated rings. The third-order valence-electron chi connectivity index (χ3n) is 4.93. The van der Waals surface area contributed by atoms with Crippen molar-refractivity contribution in [3.63, 3.8) is 0 Å². The van der Waals surface area contributed by atoms with Crippen molar-refractivity contribution in [3.05, 3.63) is 29.3 Å². The Kier molecular flexibility index (Phi) is 4.16. The van der Waals surface area contributed by atoms with Crippen molar-refractivity contribution in [2.24, 2.45) is 5.92 Å². The highest BCUT2D eigenvalue weighted by Crippen LogP contribution is 2.39. The van der Waals surface area contributed by atoms with Gasteiger partial charge in [-0.15, -0.1) is 0 Å². The summed E-state index contributed by atoms with van der Waals surface area (Å²) in [6.07, 6.45) is 8.56. The Labute approximate surface area is 125 Å². The number of rotatable bonds is 2. The van der Waals surface area contributed by atoms with Gasteiger partial charge in [-0.2, -0.15) is 0 Å². The van der Waals surface area contributed by atoms with Crippen LogP contribution >= 0.6 is 15.9 Å². The van der Waals surface area contributed by atoms with E-state index in [1.807, 2.05) is 0 Å². The normalized spacial score (nSPS) is 27.2. The monoisotopic (exact) mass is 321 g/mol. The van der Waals surface area contributed by atoms with Crippen molar-refractivity contribution in [2.45, 2.75) is 56.8 Å². The van der Waals surface area contributed by atoms with Gasteiger partial charge in [0.05, 0.1) is 0 Å². The summed E-state index contributed by atoms with van der Waals surface area (Å²) < 4.78 is 0. The SMILES string of the molecule is Cc1ccc(N2CCCC3CCCCC32)c(CBr)c1. The van der Waals surface area contributed by atoms with Crippen LogP contribution in [0.4, 0.5) is 5.69 Å². The zero-order valence-corrected chi connectivity index (χ0v) is 13.5. The maximum Gasteiger partial charge on any atom is 0.0410 e. The Bertz CT molecular complexity index is 441. The van der Waals surface area contributed by atoms with E-state index in [1.54, 1.807) is 0 Å². The fourth-order valence-corrected chi connectivity index (χ4v) is 4.47. The molecular weight excluding hydrogens is 298 g/mol. The highest BCUT2D eigenvalue weighted by molar-refractivity contribution is 9.08. The molecule has 0 N–H and O–H groups in total. The zero-order valence-electron chi connectivity index (χ0n) is 11.9. The van der Waals surface area contributed by atoms with Gasteiger partial charge in [0.2, 0.25) is 0 Å². The maximum atomic E-state index is 3.67. The van der Waals surface area contributed by atoms with Crippen LogP contribution < -0.4 is 4.90 Å². The molecule has 1 aliphatic carbocycles. The van der Waals surface area contributed by atoms with Gasteiger partial charge in [0.25, 0.3) is 0 Å². The molecule has 2 aliphatic rings. The van der Waals surface area contributed by atoms with Crippen LogP contribution in [-0.4, -0.2) is 12.6 Å². The van der Waals surface area contributed by atoms with Crippen molar-refractivity contribution in [3.8, 4) is 0 Å². The molecule has 104 valence electrons. The van der Waals surface area contributed by atoms with Crippen LogP contribution in [0.25, 0.3) is 0 Å². The molecule has 1 saturated heterocycles. The van der Waals surface area contributed by atoms with E-state index in [0.29, 0.717) is 0 Å². The van der Waals surface area contributed by atoms with Gasteiger partial charge in [-0.05, 0) is 50.2 Å². The van der Waals surface area contributed by atoms with Crippen LogP contribution in [0.2, 0.25) is 0 Å². The minimum absolute atomic E-state index is 0.808. The van der Waals surface area contributed by atoms with Gasteiger partial charge in [-0.25, -0.2) is 0 Å². The predicted octanol–water partition coefficient (Wildman–Crippen LogP) is 5.05. The summed E-state index contributed by atoms with van der Waals surface area (Å²) in [5.41, 5.74) is 4.32. The Morgan fingerprint density at radius 2 is 1.95 bits per heavy atom. The fourth-order valence-electron chi connectivity index (χ4n) is 4.03. The molecule has 1 heterocycles. The van der Waals surface area contributed by atoms with Gasteiger partial charge in [0.15, 0.2) is 0 Å². The van der Waals surface area contributed by atoms with E-state index in [-0.39, 0.29) is 0 Å². The van der Waals surface area contributed by atoms with Crippen LogP contribution in [0.3, 0.4) is 0 Å². The summed E-state index contributed by atoms with van der Waals surface area (Å²) in [4.78, 5) is 2.73. The average molecular weight is 322 g/mol. The van der Waals surface area contributed by atoms with Crippen molar-refractivity contribution in [1.29, 1.82) is 0 Å². The minimum Gasteiger partial charge on any atom is -0.368 e. The van der Waals surface area contributed by atoms with Gasteiger partial charge < -0.3 is 4.90 Å². The Morgan fingerprint density at radius 3 is 2.79 bits per heavy atom. The molecule has 1 nitrogen and oxygen atoms in total. The summed E-state index contributed by atoms with van der Waals surface area (Å²) in [7, 11) is 0. The fraction of sp³-hybridized carbons (Fsp3) is 0.647. The van der Waals surface area contributed by atoms with E-state index in [0.717, 1.165) is 17.3 Å². The highest BCUT2D eigenvalue weighted by atomic mass is 79.9. The number of nitrogens with zero attached hydrogens (tertiary/aromatic N) is 1. The molecule has 0 amide bonds. The topological polar surface area (TPSA) is 3.24 Å². The molecule has 1 saturated carbocycles. The average Bonchev–Trinajstić information content (AvgIpc) is 2.46. The lowest BCUT2D eigenvalue weighted by molar-refractivity contribution is 0.243. The van der Waals surface area contributed by atoms with Crippen LogP contribution in [0, 0.1) is 12.8 Å². The molecule has 1 aromatic carbocycles. The van der Waals surface area contributed by atoms with E-state index in [2.05, 4.69) is 46.0 Å². The van der Waals surface area contributed by atoms with Crippen LogP contribution in [0.1, 0.15) is 49.7 Å². The van der Waals surface area contributed by atoms with Crippen molar-refractivity contribution in [1.82, 2.24) is 0 Å². The molecule has 19 heavy (non-hydrogen) atoms. The first-order valence-corrected chi connectivity index (χ1v) is 8.84. The molecule has 2 unspecified atom stereocenters. The smallest absolute Gasteiger partial charge is 0.0410 e. The first-order chi connectivity index (χ1) is 9.29. The van der Waals surface area contributed by atoms with E-state index in [9.17, 15) is 0 Å². The van der Waals surface area contributed by atoms with Crippen molar-refractivity contribution in [2.75, 3.05) is 11.4 Å². The number of halogens is 1. The van der Waals surface area contributed by atoms with Gasteiger partial charge in [0, 0.05) is 23.6 Å². The third-order valence-corrected chi connectivity index (χ3v) is 5.54. The summed E-state index contributed by atoms with van der Waals surface area (Å²) in [5.74, 6) is 0.951. The van der Waals surface area contributed by atoms with Gasteiger partial charge in [-0.1, -0.05) is 46.5 Å². The number of hydrogen-bond donors (Lipinski definition) is 0. The minimum atomic E-state index is 0.808. The molecule has 3 rings (SSSR count). The second-order valence-corrected chi connectivity index (χ2v) is 6.77. The number of fused-ring (bicyclic) bond motifs is 1. The molecule has 1 aliphatic heterocycles. The van der Waals surface area contributed by atoms with Crippen LogP contribution in [-0.2, 0) is 5.33 Å².